The number of benzene rings is 3. The van der Waals surface area contributed by atoms with E-state index in [9.17, 15) is 0 Å². The summed E-state index contributed by atoms with van der Waals surface area (Å²) in [5.41, 5.74) is 4.75. The van der Waals surface area contributed by atoms with Gasteiger partial charge in [-0.15, -0.1) is 23.6 Å². The standard InChI is InChI=1S/C17H8NO.C10H7N2.Ir/c1-4-10-11-6-3-9-18-17(11)12-5-2-8-14-16(12)15(10)13(7-1)19-14;1-2-6-12-10(3-1)9-4-7-11-8-5-9;/h1-4,6-9H;1-4,6-8H;/q2*-1;. The molecular formula is C27H15IrN3O-2. The van der Waals surface area contributed by atoms with Crippen molar-refractivity contribution in [3.63, 3.8) is 0 Å². The second-order valence-electron chi connectivity index (χ2n) is 7.14. The molecule has 1 radical (unpaired) electrons. The van der Waals surface area contributed by atoms with Crippen LogP contribution < -0.4 is 0 Å². The first kappa shape index (κ1) is 20.3. The van der Waals surface area contributed by atoms with Crippen molar-refractivity contribution in [1.29, 1.82) is 0 Å². The van der Waals surface area contributed by atoms with Gasteiger partial charge in [-0.2, -0.15) is 11.6 Å². The van der Waals surface area contributed by atoms with Crippen LogP contribution in [0, 0.1) is 12.1 Å². The first-order valence-electron chi connectivity index (χ1n) is 9.95. The molecule has 0 spiro atoms. The van der Waals surface area contributed by atoms with E-state index in [2.05, 4.69) is 39.2 Å². The zero-order valence-electron chi connectivity index (χ0n) is 16.7. The van der Waals surface area contributed by atoms with E-state index < -0.39 is 0 Å². The summed E-state index contributed by atoms with van der Waals surface area (Å²) < 4.78 is 5.94. The van der Waals surface area contributed by atoms with Gasteiger partial charge >= 0.3 is 0 Å². The summed E-state index contributed by atoms with van der Waals surface area (Å²) in [7, 11) is 0. The van der Waals surface area contributed by atoms with Gasteiger partial charge in [0, 0.05) is 32.5 Å². The zero-order chi connectivity index (χ0) is 20.6. The van der Waals surface area contributed by atoms with E-state index in [4.69, 9.17) is 4.42 Å². The topological polar surface area (TPSA) is 51.8 Å². The molecule has 4 heterocycles. The molecule has 0 unspecified atom stereocenters. The largest absolute Gasteiger partial charge is 0.476 e. The Bertz CT molecular complexity index is 1510. The van der Waals surface area contributed by atoms with Crippen LogP contribution in [-0.2, 0) is 20.1 Å². The van der Waals surface area contributed by atoms with E-state index in [0.29, 0.717) is 0 Å². The number of nitrogens with zero attached hydrogens (tertiary/aromatic N) is 3. The maximum atomic E-state index is 5.94. The van der Waals surface area contributed by atoms with Crippen molar-refractivity contribution >= 4 is 43.6 Å². The maximum Gasteiger partial charge on any atom is 0.124 e. The number of hydrogen-bond donors (Lipinski definition) is 0. The Hall–Kier alpha value is -3.66. The summed E-state index contributed by atoms with van der Waals surface area (Å²) in [6, 6.07) is 28.2. The third-order valence-corrected chi connectivity index (χ3v) is 5.35. The summed E-state index contributed by atoms with van der Waals surface area (Å²) in [6.07, 6.45) is 6.98. The second kappa shape index (κ2) is 8.46. The van der Waals surface area contributed by atoms with Crippen LogP contribution in [0.4, 0.5) is 0 Å². The summed E-state index contributed by atoms with van der Waals surface area (Å²) in [5, 5.41) is 5.73. The molecule has 32 heavy (non-hydrogen) atoms. The summed E-state index contributed by atoms with van der Waals surface area (Å²) >= 11 is 0. The van der Waals surface area contributed by atoms with Crippen molar-refractivity contribution < 1.29 is 24.5 Å². The van der Waals surface area contributed by atoms with E-state index in [1.165, 1.54) is 10.8 Å². The third-order valence-electron chi connectivity index (χ3n) is 5.35. The Kier molecular flexibility index (Phi) is 5.36. The first-order chi connectivity index (χ1) is 15.4. The van der Waals surface area contributed by atoms with Crippen LogP contribution in [0.5, 0.6) is 0 Å². The molecule has 7 rings (SSSR count). The number of fused-ring (bicyclic) bond motifs is 3. The Morgan fingerprint density at radius 1 is 0.688 bits per heavy atom. The molecule has 0 amide bonds. The van der Waals surface area contributed by atoms with Gasteiger partial charge in [-0.05, 0) is 58.0 Å². The van der Waals surface area contributed by atoms with Gasteiger partial charge in [0.2, 0.25) is 0 Å². The quantitative estimate of drug-likeness (QED) is 0.163. The van der Waals surface area contributed by atoms with Crippen LogP contribution in [0.3, 0.4) is 0 Å². The van der Waals surface area contributed by atoms with E-state index in [-0.39, 0.29) is 20.1 Å². The molecule has 0 N–H and O–H groups in total. The molecular weight excluding hydrogens is 575 g/mol. The predicted octanol–water partition coefficient (Wildman–Crippen LogP) is 6.47. The summed E-state index contributed by atoms with van der Waals surface area (Å²) in [5.74, 6) is 0. The Morgan fingerprint density at radius 2 is 1.56 bits per heavy atom. The first-order valence-corrected chi connectivity index (χ1v) is 9.95. The molecule has 0 aliphatic carbocycles. The van der Waals surface area contributed by atoms with Gasteiger partial charge in [0.05, 0.1) is 5.58 Å². The van der Waals surface area contributed by atoms with Gasteiger partial charge in [0.1, 0.15) is 5.58 Å². The molecule has 3 aromatic carbocycles. The molecule has 7 aromatic rings. The Labute approximate surface area is 197 Å². The van der Waals surface area contributed by atoms with Gasteiger partial charge in [0.15, 0.2) is 0 Å². The minimum absolute atomic E-state index is 0. The van der Waals surface area contributed by atoms with E-state index in [0.717, 1.165) is 44.1 Å². The average Bonchev–Trinajstić information content (AvgIpc) is 3.25. The number of hydrogen-bond acceptors (Lipinski definition) is 4. The van der Waals surface area contributed by atoms with E-state index in [1.807, 2.05) is 60.8 Å². The van der Waals surface area contributed by atoms with Crippen LogP contribution in [0.15, 0.2) is 95.9 Å². The van der Waals surface area contributed by atoms with Crippen molar-refractivity contribution in [2.75, 3.05) is 0 Å². The van der Waals surface area contributed by atoms with Crippen molar-refractivity contribution in [2.24, 2.45) is 0 Å². The van der Waals surface area contributed by atoms with E-state index in [1.54, 1.807) is 18.6 Å². The Morgan fingerprint density at radius 3 is 2.41 bits per heavy atom. The zero-order valence-corrected chi connectivity index (χ0v) is 19.1. The SMILES string of the molecule is [Ir].[c-]1ccc2oc3cccc4c5cccnc5c1c2c34.[c-]1cnccc1-c1ccccn1. The molecule has 0 aliphatic rings. The van der Waals surface area contributed by atoms with Crippen LogP contribution in [-0.4, -0.2) is 15.0 Å². The normalized spacial score (nSPS) is 10.9. The van der Waals surface area contributed by atoms with Gasteiger partial charge in [-0.25, -0.2) is 0 Å². The number of pyridine rings is 3. The smallest absolute Gasteiger partial charge is 0.124 e. The molecule has 0 aliphatic heterocycles. The Balaban J connectivity index is 0.000000145. The molecule has 0 atom stereocenters. The van der Waals surface area contributed by atoms with Crippen molar-refractivity contribution in [3.05, 3.63) is 104 Å². The van der Waals surface area contributed by atoms with Gasteiger partial charge in [-0.1, -0.05) is 41.8 Å². The van der Waals surface area contributed by atoms with Crippen LogP contribution in [0.25, 0.3) is 54.9 Å². The second-order valence-corrected chi connectivity index (χ2v) is 7.14. The van der Waals surface area contributed by atoms with Crippen molar-refractivity contribution in [2.45, 2.75) is 0 Å². The van der Waals surface area contributed by atoms with Gasteiger partial charge < -0.3 is 14.4 Å². The third kappa shape index (κ3) is 3.32. The fourth-order valence-electron chi connectivity index (χ4n) is 4.04. The molecule has 0 fully saturated rings. The number of furan rings is 1. The number of rotatable bonds is 1. The van der Waals surface area contributed by atoms with Gasteiger partial charge in [0.25, 0.3) is 0 Å². The molecule has 4 aromatic heterocycles. The minimum Gasteiger partial charge on any atom is -0.476 e. The maximum absolute atomic E-state index is 5.94. The van der Waals surface area contributed by atoms with Crippen LogP contribution >= 0.6 is 0 Å². The molecule has 0 saturated carbocycles. The molecule has 5 heteroatoms. The predicted molar refractivity (Wildman–Crippen MR) is 123 cm³/mol. The minimum atomic E-state index is 0. The fraction of sp³-hybridized carbons (Fsp3) is 0. The summed E-state index contributed by atoms with van der Waals surface area (Å²) in [4.78, 5) is 12.6. The summed E-state index contributed by atoms with van der Waals surface area (Å²) in [6.45, 7) is 0. The van der Waals surface area contributed by atoms with Crippen LogP contribution in [0.1, 0.15) is 0 Å². The molecule has 155 valence electrons. The van der Waals surface area contributed by atoms with Crippen LogP contribution in [0.2, 0.25) is 0 Å². The average molecular weight is 590 g/mol. The van der Waals surface area contributed by atoms with Crippen molar-refractivity contribution in [3.8, 4) is 11.3 Å². The van der Waals surface area contributed by atoms with E-state index >= 15 is 0 Å². The molecule has 0 saturated heterocycles. The monoisotopic (exact) mass is 590 g/mol. The van der Waals surface area contributed by atoms with Gasteiger partial charge in [-0.3, -0.25) is 4.98 Å². The van der Waals surface area contributed by atoms with Crippen molar-refractivity contribution in [1.82, 2.24) is 15.0 Å². The molecule has 0 bridgehead atoms. The number of aromatic nitrogens is 3. The molecule has 4 nitrogen and oxygen atoms in total. The fourth-order valence-corrected chi connectivity index (χ4v) is 4.04.